The van der Waals surface area contributed by atoms with Crippen molar-refractivity contribution in [1.29, 1.82) is 0 Å². The molecule has 0 spiro atoms. The normalized spacial score (nSPS) is 18.0. The first-order chi connectivity index (χ1) is 15.8. The number of likely N-dealkylation sites (tertiary alicyclic amines) is 1. The topological polar surface area (TPSA) is 85.9 Å². The van der Waals surface area contributed by atoms with Crippen molar-refractivity contribution in [3.05, 3.63) is 70.9 Å². The number of fused-ring (bicyclic) bond motifs is 1. The number of aromatic nitrogens is 1. The van der Waals surface area contributed by atoms with E-state index in [4.69, 9.17) is 4.74 Å². The zero-order valence-electron chi connectivity index (χ0n) is 19.4. The number of aromatic amines is 1. The molecular weight excluding hydrogens is 418 g/mol. The molecular formula is C26H29N3O4. The van der Waals surface area contributed by atoms with Crippen LogP contribution in [0.2, 0.25) is 0 Å². The molecule has 1 atom stereocenters. The van der Waals surface area contributed by atoms with Crippen LogP contribution in [0.1, 0.15) is 29.2 Å². The standard InChI is InChI=1S/C26H29N3O4/c1-16-14-17(10-11-21(16)33-4)24(30)22-23(19-15-27-20-9-6-5-8-18(19)20)29(26(32)25(22)31)13-7-12-28(2)3/h5-6,8-11,14-15,23,27,30H,7,12-13H2,1-4H3/b24-22+. The van der Waals surface area contributed by atoms with E-state index in [2.05, 4.69) is 4.98 Å². The minimum absolute atomic E-state index is 0.110. The molecule has 1 saturated heterocycles. The second kappa shape index (κ2) is 9.11. The first kappa shape index (κ1) is 22.6. The molecule has 2 aromatic carbocycles. The lowest BCUT2D eigenvalue weighted by atomic mass is 9.94. The summed E-state index contributed by atoms with van der Waals surface area (Å²) in [4.78, 5) is 33.2. The van der Waals surface area contributed by atoms with Crippen LogP contribution in [0.25, 0.3) is 16.7 Å². The number of hydrogen-bond donors (Lipinski definition) is 2. The summed E-state index contributed by atoms with van der Waals surface area (Å²) in [5.41, 5.74) is 3.11. The number of ketones is 1. The monoisotopic (exact) mass is 447 g/mol. The molecule has 1 amide bonds. The zero-order chi connectivity index (χ0) is 23.7. The summed E-state index contributed by atoms with van der Waals surface area (Å²) in [6, 6.07) is 12.3. The maximum absolute atomic E-state index is 13.2. The average Bonchev–Trinajstić information content (AvgIpc) is 3.32. The van der Waals surface area contributed by atoms with Gasteiger partial charge in [-0.3, -0.25) is 9.59 Å². The van der Waals surface area contributed by atoms with Gasteiger partial charge in [0.1, 0.15) is 11.5 Å². The third kappa shape index (κ3) is 4.12. The number of nitrogens with zero attached hydrogens (tertiary/aromatic N) is 2. The van der Waals surface area contributed by atoms with E-state index < -0.39 is 17.7 Å². The minimum Gasteiger partial charge on any atom is -0.507 e. The molecule has 2 N–H and O–H groups in total. The largest absolute Gasteiger partial charge is 0.507 e. The Balaban J connectivity index is 1.86. The summed E-state index contributed by atoms with van der Waals surface area (Å²) < 4.78 is 5.32. The average molecular weight is 448 g/mol. The van der Waals surface area contributed by atoms with E-state index in [1.54, 1.807) is 30.2 Å². The van der Waals surface area contributed by atoms with Gasteiger partial charge in [-0.15, -0.1) is 0 Å². The maximum atomic E-state index is 13.2. The fraction of sp³-hybridized carbons (Fsp3) is 0.308. The van der Waals surface area contributed by atoms with Gasteiger partial charge in [0.25, 0.3) is 11.7 Å². The first-order valence-electron chi connectivity index (χ1n) is 11.0. The third-order valence-corrected chi connectivity index (χ3v) is 6.13. The molecule has 3 aromatic rings. The van der Waals surface area contributed by atoms with E-state index >= 15 is 0 Å². The van der Waals surface area contributed by atoms with Crippen molar-refractivity contribution < 1.29 is 19.4 Å². The zero-order valence-corrected chi connectivity index (χ0v) is 19.4. The van der Waals surface area contributed by atoms with Gasteiger partial charge in [-0.1, -0.05) is 18.2 Å². The number of aliphatic hydroxyl groups is 1. The molecule has 1 aromatic heterocycles. The number of carbonyl (C=O) groups excluding carboxylic acids is 2. The molecule has 7 nitrogen and oxygen atoms in total. The lowest BCUT2D eigenvalue weighted by molar-refractivity contribution is -0.139. The summed E-state index contributed by atoms with van der Waals surface area (Å²) in [6.45, 7) is 3.05. The van der Waals surface area contributed by atoms with Crippen molar-refractivity contribution in [3.8, 4) is 5.75 Å². The minimum atomic E-state index is -0.675. The van der Waals surface area contributed by atoms with Crippen molar-refractivity contribution in [2.75, 3.05) is 34.3 Å². The Bertz CT molecular complexity index is 1240. The van der Waals surface area contributed by atoms with Gasteiger partial charge in [-0.25, -0.2) is 0 Å². The fourth-order valence-corrected chi connectivity index (χ4v) is 4.49. The molecule has 0 aliphatic carbocycles. The van der Waals surface area contributed by atoms with Crippen LogP contribution in [0, 0.1) is 6.92 Å². The highest BCUT2D eigenvalue weighted by atomic mass is 16.5. The number of rotatable bonds is 7. The number of Topliss-reactive ketones (excluding diaryl/α,β-unsaturated/α-hetero) is 1. The number of aryl methyl sites for hydroxylation is 1. The molecule has 33 heavy (non-hydrogen) atoms. The van der Waals surface area contributed by atoms with Crippen molar-refractivity contribution in [1.82, 2.24) is 14.8 Å². The second-order valence-corrected chi connectivity index (χ2v) is 8.62. The molecule has 1 aliphatic rings. The first-order valence-corrected chi connectivity index (χ1v) is 11.0. The number of carbonyl (C=O) groups is 2. The maximum Gasteiger partial charge on any atom is 0.295 e. The molecule has 1 fully saturated rings. The van der Waals surface area contributed by atoms with E-state index in [0.29, 0.717) is 24.3 Å². The highest BCUT2D eigenvalue weighted by Gasteiger charge is 2.46. The number of nitrogens with one attached hydrogen (secondary N) is 1. The van der Waals surface area contributed by atoms with Gasteiger partial charge in [0.15, 0.2) is 0 Å². The summed E-state index contributed by atoms with van der Waals surface area (Å²) in [5.74, 6) is -0.745. The van der Waals surface area contributed by atoms with Crippen molar-refractivity contribution in [3.63, 3.8) is 0 Å². The predicted octanol–water partition coefficient (Wildman–Crippen LogP) is 3.86. The number of amides is 1. The fourth-order valence-electron chi connectivity index (χ4n) is 4.49. The van der Waals surface area contributed by atoms with Crippen LogP contribution in [0.4, 0.5) is 0 Å². The van der Waals surface area contributed by atoms with Crippen LogP contribution in [0.3, 0.4) is 0 Å². The Kier molecular flexibility index (Phi) is 6.24. The number of para-hydroxylation sites is 1. The van der Waals surface area contributed by atoms with Crippen molar-refractivity contribution in [2.24, 2.45) is 0 Å². The van der Waals surface area contributed by atoms with Crippen LogP contribution in [0.15, 0.2) is 54.2 Å². The van der Waals surface area contributed by atoms with Crippen LogP contribution in [0.5, 0.6) is 5.75 Å². The Labute approximate surface area is 193 Å². The SMILES string of the molecule is COc1ccc(/C(O)=C2\C(=O)C(=O)N(CCCN(C)C)C2c2c[nH]c3ccccc23)cc1C. The van der Waals surface area contributed by atoms with E-state index in [9.17, 15) is 14.7 Å². The van der Waals surface area contributed by atoms with Crippen LogP contribution >= 0.6 is 0 Å². The molecule has 0 bridgehead atoms. The second-order valence-electron chi connectivity index (χ2n) is 8.62. The number of methoxy groups -OCH3 is 1. The summed E-state index contributed by atoms with van der Waals surface area (Å²) in [5, 5.41) is 12.2. The third-order valence-electron chi connectivity index (χ3n) is 6.13. The molecule has 2 heterocycles. The highest BCUT2D eigenvalue weighted by Crippen LogP contribution is 2.42. The van der Waals surface area contributed by atoms with Gasteiger partial charge in [0.2, 0.25) is 0 Å². The summed E-state index contributed by atoms with van der Waals surface area (Å²) >= 11 is 0. The number of aliphatic hydroxyl groups excluding tert-OH is 1. The Morgan fingerprint density at radius 3 is 2.64 bits per heavy atom. The predicted molar refractivity (Wildman–Crippen MR) is 128 cm³/mol. The molecule has 1 aliphatic heterocycles. The van der Waals surface area contributed by atoms with E-state index in [0.717, 1.165) is 28.6 Å². The summed E-state index contributed by atoms with van der Waals surface area (Å²) in [7, 11) is 5.52. The van der Waals surface area contributed by atoms with Gasteiger partial charge in [-0.2, -0.15) is 0 Å². The highest BCUT2D eigenvalue weighted by molar-refractivity contribution is 6.46. The number of H-pyrrole nitrogens is 1. The van der Waals surface area contributed by atoms with Gasteiger partial charge >= 0.3 is 0 Å². The van der Waals surface area contributed by atoms with Gasteiger partial charge in [0.05, 0.1) is 18.7 Å². The van der Waals surface area contributed by atoms with Crippen LogP contribution in [-0.2, 0) is 9.59 Å². The Morgan fingerprint density at radius 1 is 1.18 bits per heavy atom. The number of hydrogen-bond acceptors (Lipinski definition) is 5. The van der Waals surface area contributed by atoms with Crippen LogP contribution in [-0.4, -0.2) is 65.9 Å². The lowest BCUT2D eigenvalue weighted by Gasteiger charge is -2.25. The lowest BCUT2D eigenvalue weighted by Crippen LogP contribution is -2.32. The van der Waals surface area contributed by atoms with Crippen molar-refractivity contribution in [2.45, 2.75) is 19.4 Å². The molecule has 0 saturated carbocycles. The van der Waals surface area contributed by atoms with E-state index in [1.165, 1.54) is 0 Å². The molecule has 172 valence electrons. The van der Waals surface area contributed by atoms with Gasteiger partial charge < -0.3 is 24.6 Å². The molecule has 1 unspecified atom stereocenters. The smallest absolute Gasteiger partial charge is 0.295 e. The van der Waals surface area contributed by atoms with Crippen molar-refractivity contribution >= 4 is 28.4 Å². The Morgan fingerprint density at radius 2 is 1.94 bits per heavy atom. The Hall–Kier alpha value is -3.58. The van der Waals surface area contributed by atoms with E-state index in [1.807, 2.05) is 56.4 Å². The van der Waals surface area contributed by atoms with Gasteiger partial charge in [0, 0.05) is 34.8 Å². The van der Waals surface area contributed by atoms with Gasteiger partial charge in [-0.05, 0) is 63.8 Å². The molecule has 7 heteroatoms. The number of benzene rings is 2. The number of ether oxygens (including phenoxy) is 1. The molecule has 4 rings (SSSR count). The van der Waals surface area contributed by atoms with E-state index in [-0.39, 0.29) is 11.3 Å². The quantitative estimate of drug-likeness (QED) is 0.326. The molecule has 0 radical (unpaired) electrons. The van der Waals surface area contributed by atoms with Crippen LogP contribution < -0.4 is 4.74 Å². The summed E-state index contributed by atoms with van der Waals surface area (Å²) in [6.07, 6.45) is 2.53.